The van der Waals surface area contributed by atoms with Crippen molar-refractivity contribution in [1.29, 1.82) is 0 Å². The number of carbonyl (C=O) groups is 2. The molecule has 2 heterocycles. The summed E-state index contributed by atoms with van der Waals surface area (Å²) in [6.07, 6.45) is 3.11. The standard InChI is InChI=1S/C23H23ClN2O5/c24-19-3-1-2-16(12-19)15-25-10-11-30-21-14-18-7-9-26(8-6-17(18)13-20(21)25)31-23(29)5-4-22(27)28/h1-5,12-14H,6-11,15H2,(H,27,28)/b5-4+. The van der Waals surface area contributed by atoms with Gasteiger partial charge >= 0.3 is 11.9 Å². The molecule has 0 atom stereocenters. The molecule has 0 fully saturated rings. The maximum Gasteiger partial charge on any atom is 0.349 e. The molecule has 0 saturated heterocycles. The lowest BCUT2D eigenvalue weighted by Gasteiger charge is -2.32. The van der Waals surface area contributed by atoms with E-state index >= 15 is 0 Å². The first kappa shape index (κ1) is 21.2. The molecule has 1 N–H and O–H groups in total. The van der Waals surface area contributed by atoms with E-state index in [0.29, 0.717) is 32.5 Å². The van der Waals surface area contributed by atoms with E-state index in [4.69, 9.17) is 26.3 Å². The Kier molecular flexibility index (Phi) is 6.44. The first-order chi connectivity index (χ1) is 15.0. The molecule has 2 aromatic rings. The summed E-state index contributed by atoms with van der Waals surface area (Å²) < 4.78 is 5.94. The predicted molar refractivity (Wildman–Crippen MR) is 116 cm³/mol. The zero-order valence-electron chi connectivity index (χ0n) is 16.9. The highest BCUT2D eigenvalue weighted by molar-refractivity contribution is 6.30. The molecular formula is C23H23ClN2O5. The monoisotopic (exact) mass is 442 g/mol. The normalized spacial score (nSPS) is 16.2. The van der Waals surface area contributed by atoms with Crippen molar-refractivity contribution in [2.24, 2.45) is 0 Å². The van der Waals surface area contributed by atoms with Crippen LogP contribution in [0.1, 0.15) is 16.7 Å². The third-order valence-electron chi connectivity index (χ3n) is 5.35. The molecule has 0 amide bonds. The highest BCUT2D eigenvalue weighted by Gasteiger charge is 2.24. The number of carboxylic acids is 1. The Hall–Kier alpha value is -3.03. The summed E-state index contributed by atoms with van der Waals surface area (Å²) in [7, 11) is 0. The van der Waals surface area contributed by atoms with E-state index in [1.807, 2.05) is 18.2 Å². The number of hydrogen-bond donors (Lipinski definition) is 1. The summed E-state index contributed by atoms with van der Waals surface area (Å²) in [5.74, 6) is -1.02. The summed E-state index contributed by atoms with van der Waals surface area (Å²) in [5, 5.41) is 10.9. The van der Waals surface area contributed by atoms with Gasteiger partial charge in [0.2, 0.25) is 0 Å². The number of rotatable bonds is 5. The molecule has 0 aliphatic carbocycles. The Labute approximate surface area is 185 Å². The van der Waals surface area contributed by atoms with Gasteiger partial charge < -0.3 is 19.6 Å². The van der Waals surface area contributed by atoms with Gasteiger partial charge in [-0.1, -0.05) is 23.7 Å². The smallest absolute Gasteiger partial charge is 0.349 e. The van der Waals surface area contributed by atoms with E-state index in [1.54, 1.807) is 5.06 Å². The quantitative estimate of drug-likeness (QED) is 0.712. The highest BCUT2D eigenvalue weighted by atomic mass is 35.5. The molecule has 4 rings (SSSR count). The van der Waals surface area contributed by atoms with E-state index in [2.05, 4.69) is 23.1 Å². The average molecular weight is 443 g/mol. The molecular weight excluding hydrogens is 420 g/mol. The minimum absolute atomic E-state index is 0.532. The van der Waals surface area contributed by atoms with Crippen molar-refractivity contribution in [3.63, 3.8) is 0 Å². The minimum atomic E-state index is -1.19. The van der Waals surface area contributed by atoms with Gasteiger partial charge in [-0.05, 0) is 53.8 Å². The van der Waals surface area contributed by atoms with Gasteiger partial charge in [-0.15, -0.1) is 5.06 Å². The molecule has 0 aromatic heterocycles. The lowest BCUT2D eigenvalue weighted by atomic mass is 10.00. The number of nitrogens with zero attached hydrogens (tertiary/aromatic N) is 2. The number of fused-ring (bicyclic) bond motifs is 2. The lowest BCUT2D eigenvalue weighted by molar-refractivity contribution is -0.183. The van der Waals surface area contributed by atoms with Gasteiger partial charge in [-0.2, -0.15) is 0 Å². The zero-order valence-corrected chi connectivity index (χ0v) is 17.7. The Morgan fingerprint density at radius 3 is 2.61 bits per heavy atom. The number of hydroxylamine groups is 2. The molecule has 0 saturated carbocycles. The third-order valence-corrected chi connectivity index (χ3v) is 5.58. The molecule has 0 unspecified atom stereocenters. The second kappa shape index (κ2) is 9.41. The maximum absolute atomic E-state index is 11.8. The van der Waals surface area contributed by atoms with Crippen LogP contribution in [0.25, 0.3) is 0 Å². The van der Waals surface area contributed by atoms with Gasteiger partial charge in [0, 0.05) is 36.8 Å². The van der Waals surface area contributed by atoms with Gasteiger partial charge in [0.25, 0.3) is 0 Å². The number of ether oxygens (including phenoxy) is 1. The molecule has 2 aliphatic rings. The summed E-state index contributed by atoms with van der Waals surface area (Å²) in [4.78, 5) is 29.9. The minimum Gasteiger partial charge on any atom is -0.490 e. The van der Waals surface area contributed by atoms with Crippen LogP contribution in [0.4, 0.5) is 5.69 Å². The van der Waals surface area contributed by atoms with Crippen molar-refractivity contribution < 1.29 is 24.3 Å². The Morgan fingerprint density at radius 1 is 1.10 bits per heavy atom. The van der Waals surface area contributed by atoms with Crippen LogP contribution in [0.2, 0.25) is 5.02 Å². The fourth-order valence-electron chi connectivity index (χ4n) is 3.88. The van der Waals surface area contributed by atoms with Crippen LogP contribution in [0.15, 0.2) is 48.6 Å². The van der Waals surface area contributed by atoms with E-state index in [0.717, 1.165) is 47.3 Å². The second-order valence-corrected chi connectivity index (χ2v) is 7.94. The van der Waals surface area contributed by atoms with Gasteiger partial charge in [-0.3, -0.25) is 0 Å². The van der Waals surface area contributed by atoms with Gasteiger partial charge in [0.1, 0.15) is 12.4 Å². The van der Waals surface area contributed by atoms with E-state index in [1.165, 1.54) is 11.1 Å². The van der Waals surface area contributed by atoms with Crippen molar-refractivity contribution in [2.75, 3.05) is 31.1 Å². The summed E-state index contributed by atoms with van der Waals surface area (Å²) in [6, 6.07) is 12.1. The fraction of sp³-hybridized carbons (Fsp3) is 0.304. The molecule has 2 aliphatic heterocycles. The Morgan fingerprint density at radius 2 is 1.87 bits per heavy atom. The summed E-state index contributed by atoms with van der Waals surface area (Å²) in [6.45, 7) is 3.22. The maximum atomic E-state index is 11.8. The van der Waals surface area contributed by atoms with Crippen molar-refractivity contribution in [3.8, 4) is 5.75 Å². The third kappa shape index (κ3) is 5.37. The van der Waals surface area contributed by atoms with Crippen LogP contribution in [-0.4, -0.2) is 48.3 Å². The summed E-state index contributed by atoms with van der Waals surface area (Å²) >= 11 is 6.14. The number of halogens is 1. The first-order valence-corrected chi connectivity index (χ1v) is 10.5. The van der Waals surface area contributed by atoms with Gasteiger partial charge in [0.15, 0.2) is 0 Å². The number of aliphatic carboxylic acids is 1. The van der Waals surface area contributed by atoms with Crippen LogP contribution in [0.3, 0.4) is 0 Å². The van der Waals surface area contributed by atoms with Crippen LogP contribution < -0.4 is 9.64 Å². The largest absolute Gasteiger partial charge is 0.490 e. The molecule has 0 bridgehead atoms. The average Bonchev–Trinajstić information content (AvgIpc) is 2.93. The van der Waals surface area contributed by atoms with Crippen molar-refractivity contribution >= 4 is 29.2 Å². The molecule has 0 radical (unpaired) electrons. The zero-order chi connectivity index (χ0) is 21.8. The molecule has 31 heavy (non-hydrogen) atoms. The second-order valence-electron chi connectivity index (χ2n) is 7.50. The van der Waals surface area contributed by atoms with E-state index in [-0.39, 0.29) is 0 Å². The highest BCUT2D eigenvalue weighted by Crippen LogP contribution is 2.36. The number of carbonyl (C=O) groups excluding carboxylic acids is 1. The summed E-state index contributed by atoms with van der Waals surface area (Å²) in [5.41, 5.74) is 4.56. The number of carboxylic acid groups (broad SMARTS) is 1. The topological polar surface area (TPSA) is 79.3 Å². The molecule has 8 heteroatoms. The van der Waals surface area contributed by atoms with Gasteiger partial charge in [0.05, 0.1) is 12.2 Å². The number of benzene rings is 2. The van der Waals surface area contributed by atoms with E-state index in [9.17, 15) is 9.59 Å². The van der Waals surface area contributed by atoms with Gasteiger partial charge in [-0.25, -0.2) is 9.59 Å². The SMILES string of the molecule is O=C(O)/C=C/C(=O)ON1CCc2cc3c(cc2CC1)N(Cc1cccc(Cl)c1)CCO3. The van der Waals surface area contributed by atoms with Crippen LogP contribution in [-0.2, 0) is 33.8 Å². The fourth-order valence-corrected chi connectivity index (χ4v) is 4.09. The van der Waals surface area contributed by atoms with Crippen molar-refractivity contribution in [3.05, 3.63) is 70.3 Å². The molecule has 2 aromatic carbocycles. The number of anilines is 1. The number of hydrogen-bond acceptors (Lipinski definition) is 6. The molecule has 7 nitrogen and oxygen atoms in total. The molecule has 0 spiro atoms. The molecule has 162 valence electrons. The lowest BCUT2D eigenvalue weighted by Crippen LogP contribution is -2.32. The van der Waals surface area contributed by atoms with Crippen LogP contribution in [0, 0.1) is 0 Å². The van der Waals surface area contributed by atoms with Crippen LogP contribution >= 0.6 is 11.6 Å². The Bertz CT molecular complexity index is 1020. The first-order valence-electron chi connectivity index (χ1n) is 10.1. The van der Waals surface area contributed by atoms with Crippen LogP contribution in [0.5, 0.6) is 5.75 Å². The predicted octanol–water partition coefficient (Wildman–Crippen LogP) is 3.24. The van der Waals surface area contributed by atoms with Crippen molar-refractivity contribution in [2.45, 2.75) is 19.4 Å². The van der Waals surface area contributed by atoms with Crippen molar-refractivity contribution in [1.82, 2.24) is 5.06 Å². The Balaban J connectivity index is 1.48. The van der Waals surface area contributed by atoms with E-state index < -0.39 is 11.9 Å².